The molecule has 1 aliphatic heterocycles. The number of carbonyl (C=O) groups excluding carboxylic acids is 1. The number of aliphatic imine (C=N–C) groups is 1. The van der Waals surface area contributed by atoms with Crippen LogP contribution in [0.15, 0.2) is 4.99 Å². The predicted molar refractivity (Wildman–Crippen MR) is 31.8 cm³/mol. The molecule has 1 atom stereocenters. The number of rotatable bonds is 1. The SMILES string of the molecule is O=[C]C1CCCC=N1. The summed E-state index contributed by atoms with van der Waals surface area (Å²) in [6.45, 7) is 0. The molecule has 0 N–H and O–H groups in total. The molecule has 0 aromatic heterocycles. The maximum atomic E-state index is 9.92. The van der Waals surface area contributed by atoms with Crippen molar-refractivity contribution in [3.63, 3.8) is 0 Å². The maximum Gasteiger partial charge on any atom is 0.225 e. The van der Waals surface area contributed by atoms with E-state index in [0.29, 0.717) is 0 Å². The van der Waals surface area contributed by atoms with Gasteiger partial charge in [-0.1, -0.05) is 0 Å². The second-order valence-corrected chi connectivity index (χ2v) is 1.90. The van der Waals surface area contributed by atoms with Crippen LogP contribution in [0.2, 0.25) is 0 Å². The van der Waals surface area contributed by atoms with Crippen LogP contribution in [-0.4, -0.2) is 18.5 Å². The number of hydrogen-bond donors (Lipinski definition) is 0. The Kier molecular flexibility index (Phi) is 1.78. The molecule has 43 valence electrons. The van der Waals surface area contributed by atoms with E-state index in [0.717, 1.165) is 19.3 Å². The van der Waals surface area contributed by atoms with Crippen LogP contribution in [0.5, 0.6) is 0 Å². The van der Waals surface area contributed by atoms with Crippen LogP contribution in [0.25, 0.3) is 0 Å². The standard InChI is InChI=1S/C6H8NO/c8-5-6-3-1-2-4-7-6/h4,6H,1-3H2. The molecule has 0 spiro atoms. The lowest BCUT2D eigenvalue weighted by Crippen LogP contribution is -2.09. The third kappa shape index (κ3) is 1.15. The summed E-state index contributed by atoms with van der Waals surface area (Å²) < 4.78 is 0. The monoisotopic (exact) mass is 110 g/mol. The van der Waals surface area contributed by atoms with Crippen molar-refractivity contribution in [3.05, 3.63) is 0 Å². The molecule has 0 saturated carbocycles. The minimum atomic E-state index is -0.149. The van der Waals surface area contributed by atoms with Gasteiger partial charge in [0.2, 0.25) is 6.29 Å². The zero-order valence-electron chi connectivity index (χ0n) is 4.63. The van der Waals surface area contributed by atoms with E-state index < -0.39 is 0 Å². The van der Waals surface area contributed by atoms with Crippen molar-refractivity contribution in [1.29, 1.82) is 0 Å². The molecule has 1 unspecified atom stereocenters. The second kappa shape index (κ2) is 2.60. The first-order valence-corrected chi connectivity index (χ1v) is 2.83. The first-order chi connectivity index (χ1) is 3.93. The Morgan fingerprint density at radius 1 is 1.75 bits per heavy atom. The van der Waals surface area contributed by atoms with Crippen molar-refractivity contribution in [1.82, 2.24) is 0 Å². The van der Waals surface area contributed by atoms with Crippen LogP contribution in [0.1, 0.15) is 19.3 Å². The fourth-order valence-electron chi connectivity index (χ4n) is 0.768. The van der Waals surface area contributed by atoms with E-state index in [9.17, 15) is 4.79 Å². The van der Waals surface area contributed by atoms with Crippen molar-refractivity contribution < 1.29 is 4.79 Å². The molecule has 0 bridgehead atoms. The Hall–Kier alpha value is -0.660. The zero-order chi connectivity index (χ0) is 5.82. The van der Waals surface area contributed by atoms with Gasteiger partial charge in [-0.15, -0.1) is 0 Å². The summed E-state index contributed by atoms with van der Waals surface area (Å²) in [6.07, 6.45) is 6.66. The number of hydrogen-bond acceptors (Lipinski definition) is 2. The van der Waals surface area contributed by atoms with E-state index in [1.807, 2.05) is 6.29 Å². The van der Waals surface area contributed by atoms with Gasteiger partial charge in [-0.2, -0.15) is 0 Å². The van der Waals surface area contributed by atoms with Crippen LogP contribution in [0.4, 0.5) is 0 Å². The summed E-state index contributed by atoms with van der Waals surface area (Å²) in [6, 6.07) is -0.149. The highest BCUT2D eigenvalue weighted by atomic mass is 16.1. The molecule has 0 fully saturated rings. The van der Waals surface area contributed by atoms with Gasteiger partial charge < -0.3 is 0 Å². The molecule has 2 nitrogen and oxygen atoms in total. The average Bonchev–Trinajstić information content (AvgIpc) is 1.90. The Morgan fingerprint density at radius 3 is 3.00 bits per heavy atom. The van der Waals surface area contributed by atoms with Gasteiger partial charge in [0.15, 0.2) is 0 Å². The summed E-state index contributed by atoms with van der Waals surface area (Å²) in [7, 11) is 0. The van der Waals surface area contributed by atoms with Crippen molar-refractivity contribution in [3.8, 4) is 0 Å². The summed E-state index contributed by atoms with van der Waals surface area (Å²) in [4.78, 5) is 13.8. The minimum absolute atomic E-state index is 0.149. The second-order valence-electron chi connectivity index (χ2n) is 1.90. The van der Waals surface area contributed by atoms with Crippen molar-refractivity contribution in [2.24, 2.45) is 4.99 Å². The largest absolute Gasteiger partial charge is 0.288 e. The van der Waals surface area contributed by atoms with Crippen molar-refractivity contribution in [2.45, 2.75) is 25.3 Å². The molecule has 0 aromatic carbocycles. The van der Waals surface area contributed by atoms with Gasteiger partial charge in [0.1, 0.15) is 6.04 Å². The van der Waals surface area contributed by atoms with E-state index in [-0.39, 0.29) is 6.04 Å². The van der Waals surface area contributed by atoms with Crippen LogP contribution in [-0.2, 0) is 4.79 Å². The molecule has 1 radical (unpaired) electrons. The smallest absolute Gasteiger partial charge is 0.225 e. The number of nitrogens with zero attached hydrogens (tertiary/aromatic N) is 1. The van der Waals surface area contributed by atoms with E-state index in [2.05, 4.69) is 4.99 Å². The quantitative estimate of drug-likeness (QED) is 0.489. The third-order valence-corrected chi connectivity index (χ3v) is 1.23. The zero-order valence-corrected chi connectivity index (χ0v) is 4.63. The average molecular weight is 110 g/mol. The summed E-state index contributed by atoms with van der Waals surface area (Å²) in [5, 5.41) is 0. The van der Waals surface area contributed by atoms with Crippen LogP contribution < -0.4 is 0 Å². The summed E-state index contributed by atoms with van der Waals surface area (Å²) in [5.41, 5.74) is 0. The van der Waals surface area contributed by atoms with E-state index >= 15 is 0 Å². The molecule has 0 aliphatic carbocycles. The van der Waals surface area contributed by atoms with Gasteiger partial charge in [0.25, 0.3) is 0 Å². The highest BCUT2D eigenvalue weighted by Gasteiger charge is 2.06. The van der Waals surface area contributed by atoms with Crippen LogP contribution >= 0.6 is 0 Å². The van der Waals surface area contributed by atoms with Gasteiger partial charge >= 0.3 is 0 Å². The third-order valence-electron chi connectivity index (χ3n) is 1.23. The topological polar surface area (TPSA) is 29.4 Å². The molecular formula is C6H8NO. The van der Waals surface area contributed by atoms with Gasteiger partial charge in [-0.25, -0.2) is 0 Å². The van der Waals surface area contributed by atoms with Gasteiger partial charge in [-0.05, 0) is 25.5 Å². The Labute approximate surface area is 48.6 Å². The molecule has 0 amide bonds. The lowest BCUT2D eigenvalue weighted by molar-refractivity contribution is 0.530. The Bertz CT molecular complexity index is 109. The predicted octanol–water partition coefficient (Wildman–Crippen LogP) is 0.719. The lowest BCUT2D eigenvalue weighted by Gasteiger charge is -2.06. The van der Waals surface area contributed by atoms with E-state index in [4.69, 9.17) is 0 Å². The summed E-state index contributed by atoms with van der Waals surface area (Å²) >= 11 is 0. The van der Waals surface area contributed by atoms with Crippen molar-refractivity contribution in [2.75, 3.05) is 0 Å². The van der Waals surface area contributed by atoms with E-state index in [1.54, 1.807) is 6.21 Å². The van der Waals surface area contributed by atoms with Crippen LogP contribution in [0.3, 0.4) is 0 Å². The highest BCUT2D eigenvalue weighted by Crippen LogP contribution is 2.06. The fraction of sp³-hybridized carbons (Fsp3) is 0.667. The molecular weight excluding hydrogens is 102 g/mol. The van der Waals surface area contributed by atoms with Gasteiger partial charge in [0.05, 0.1) is 0 Å². The van der Waals surface area contributed by atoms with Crippen molar-refractivity contribution >= 4 is 12.5 Å². The summed E-state index contributed by atoms with van der Waals surface area (Å²) in [5.74, 6) is 0. The first kappa shape index (κ1) is 5.48. The molecule has 1 aliphatic rings. The van der Waals surface area contributed by atoms with Gasteiger partial charge in [0, 0.05) is 0 Å². The molecule has 0 aromatic rings. The lowest BCUT2D eigenvalue weighted by atomic mass is 10.1. The van der Waals surface area contributed by atoms with Crippen LogP contribution in [0, 0.1) is 0 Å². The molecule has 1 heterocycles. The minimum Gasteiger partial charge on any atom is -0.288 e. The van der Waals surface area contributed by atoms with E-state index in [1.165, 1.54) is 0 Å². The van der Waals surface area contributed by atoms with Gasteiger partial charge in [-0.3, -0.25) is 9.79 Å². The Morgan fingerprint density at radius 2 is 2.62 bits per heavy atom. The molecule has 0 saturated heterocycles. The molecule has 2 heteroatoms. The fourth-order valence-corrected chi connectivity index (χ4v) is 0.768. The molecule has 8 heavy (non-hydrogen) atoms. The Balaban J connectivity index is 2.42. The molecule has 1 rings (SSSR count). The highest BCUT2D eigenvalue weighted by molar-refractivity contribution is 5.67. The first-order valence-electron chi connectivity index (χ1n) is 2.83. The maximum absolute atomic E-state index is 9.92. The normalized spacial score (nSPS) is 27.8.